The summed E-state index contributed by atoms with van der Waals surface area (Å²) in [5.74, 6) is -0.503. The van der Waals surface area contributed by atoms with E-state index >= 15 is 0 Å². The molecule has 0 radical (unpaired) electrons. The first-order chi connectivity index (χ1) is 10.6. The van der Waals surface area contributed by atoms with Gasteiger partial charge < -0.3 is 4.74 Å². The lowest BCUT2D eigenvalue weighted by Crippen LogP contribution is -2.06. The van der Waals surface area contributed by atoms with Crippen molar-refractivity contribution in [3.8, 4) is 0 Å². The van der Waals surface area contributed by atoms with Gasteiger partial charge >= 0.3 is 5.97 Å². The highest BCUT2D eigenvalue weighted by atomic mass is 35.5. The normalized spacial score (nSPS) is 15.8. The molecular weight excluding hydrogens is 305 g/mol. The molecule has 1 aliphatic heterocycles. The van der Waals surface area contributed by atoms with Gasteiger partial charge in [0, 0.05) is 11.4 Å². The molecule has 1 heterocycles. The molecule has 110 valence electrons. The molecule has 0 unspecified atom stereocenters. The van der Waals surface area contributed by atoms with Crippen LogP contribution in [0.5, 0.6) is 0 Å². The molecule has 1 aliphatic rings. The third-order valence-corrected chi connectivity index (χ3v) is 3.36. The van der Waals surface area contributed by atoms with Crippen molar-refractivity contribution in [2.45, 2.75) is 6.42 Å². The van der Waals surface area contributed by atoms with Gasteiger partial charge in [0.25, 0.3) is 0 Å². The second-order valence-corrected chi connectivity index (χ2v) is 5.22. The van der Waals surface area contributed by atoms with Crippen LogP contribution in [0, 0.1) is 5.82 Å². The minimum atomic E-state index is -0.506. The molecule has 3 nitrogen and oxygen atoms in total. The zero-order valence-electron chi connectivity index (χ0n) is 11.4. The van der Waals surface area contributed by atoms with Gasteiger partial charge in [-0.05, 0) is 41.5 Å². The number of benzene rings is 2. The number of aliphatic imine (C=N–C) groups is 1. The second-order valence-electron chi connectivity index (χ2n) is 4.78. The van der Waals surface area contributed by atoms with E-state index in [-0.39, 0.29) is 11.5 Å². The van der Waals surface area contributed by atoms with E-state index in [0.29, 0.717) is 22.9 Å². The predicted molar refractivity (Wildman–Crippen MR) is 83.1 cm³/mol. The maximum Gasteiger partial charge on any atom is 0.363 e. The van der Waals surface area contributed by atoms with Crippen LogP contribution in [0.4, 0.5) is 4.39 Å². The Balaban J connectivity index is 1.79. The van der Waals surface area contributed by atoms with Crippen LogP contribution < -0.4 is 0 Å². The van der Waals surface area contributed by atoms with Gasteiger partial charge in [-0.2, -0.15) is 0 Å². The lowest BCUT2D eigenvalue weighted by atomic mass is 10.1. The Morgan fingerprint density at radius 2 is 1.77 bits per heavy atom. The van der Waals surface area contributed by atoms with E-state index in [1.807, 2.05) is 12.1 Å². The van der Waals surface area contributed by atoms with Crippen molar-refractivity contribution in [2.75, 3.05) is 0 Å². The second kappa shape index (κ2) is 6.12. The fourth-order valence-electron chi connectivity index (χ4n) is 2.02. The highest BCUT2D eigenvalue weighted by Crippen LogP contribution is 2.18. The molecule has 0 saturated heterocycles. The summed E-state index contributed by atoms with van der Waals surface area (Å²) in [7, 11) is 0. The van der Waals surface area contributed by atoms with E-state index in [4.69, 9.17) is 16.3 Å². The molecule has 0 bridgehead atoms. The average molecular weight is 316 g/mol. The van der Waals surface area contributed by atoms with Gasteiger partial charge in [0.15, 0.2) is 5.70 Å². The van der Waals surface area contributed by atoms with E-state index in [0.717, 1.165) is 5.56 Å². The summed E-state index contributed by atoms with van der Waals surface area (Å²) in [5.41, 5.74) is 1.83. The summed E-state index contributed by atoms with van der Waals surface area (Å²) >= 11 is 5.82. The molecule has 2 aromatic carbocycles. The maximum absolute atomic E-state index is 12.9. The number of hydrogen-bond donors (Lipinski definition) is 0. The zero-order valence-corrected chi connectivity index (χ0v) is 12.2. The fraction of sp³-hybridized carbons (Fsp3) is 0.0588. The van der Waals surface area contributed by atoms with Crippen LogP contribution in [0.15, 0.2) is 59.2 Å². The number of cyclic esters (lactones) is 1. The van der Waals surface area contributed by atoms with Crippen LogP contribution >= 0.6 is 11.6 Å². The molecule has 0 aliphatic carbocycles. The fourth-order valence-corrected chi connectivity index (χ4v) is 2.15. The molecule has 0 amide bonds. The van der Waals surface area contributed by atoms with Crippen LogP contribution in [-0.2, 0) is 16.0 Å². The van der Waals surface area contributed by atoms with Crippen molar-refractivity contribution in [1.29, 1.82) is 0 Å². The van der Waals surface area contributed by atoms with Crippen LogP contribution in [0.1, 0.15) is 11.1 Å². The topological polar surface area (TPSA) is 38.7 Å². The molecule has 22 heavy (non-hydrogen) atoms. The third kappa shape index (κ3) is 3.40. The first kappa shape index (κ1) is 14.5. The maximum atomic E-state index is 12.9. The number of halogens is 2. The van der Waals surface area contributed by atoms with Crippen molar-refractivity contribution >= 4 is 29.5 Å². The van der Waals surface area contributed by atoms with Crippen LogP contribution in [-0.4, -0.2) is 11.9 Å². The molecule has 5 heteroatoms. The molecule has 3 rings (SSSR count). The third-order valence-electron chi connectivity index (χ3n) is 3.11. The van der Waals surface area contributed by atoms with Crippen molar-refractivity contribution in [2.24, 2.45) is 4.99 Å². The number of ether oxygens (including phenoxy) is 1. The van der Waals surface area contributed by atoms with Gasteiger partial charge in [-0.3, -0.25) is 0 Å². The SMILES string of the molecule is O=C1OC(Cc2ccc(Cl)cc2)=N/C1=C/c1ccc(F)cc1. The van der Waals surface area contributed by atoms with E-state index < -0.39 is 5.97 Å². The smallest absolute Gasteiger partial charge is 0.363 e. The van der Waals surface area contributed by atoms with E-state index in [9.17, 15) is 9.18 Å². The Morgan fingerprint density at radius 3 is 2.45 bits per heavy atom. The molecule has 0 atom stereocenters. The number of nitrogens with zero attached hydrogens (tertiary/aromatic N) is 1. The quantitative estimate of drug-likeness (QED) is 0.634. The van der Waals surface area contributed by atoms with E-state index in [1.54, 1.807) is 30.3 Å². The van der Waals surface area contributed by atoms with Crippen LogP contribution in [0.2, 0.25) is 5.02 Å². The van der Waals surface area contributed by atoms with E-state index in [2.05, 4.69) is 4.99 Å². The highest BCUT2D eigenvalue weighted by molar-refractivity contribution is 6.30. The van der Waals surface area contributed by atoms with Gasteiger partial charge in [-0.25, -0.2) is 14.2 Å². The molecule has 0 spiro atoms. The van der Waals surface area contributed by atoms with Crippen LogP contribution in [0.25, 0.3) is 6.08 Å². The molecule has 0 N–H and O–H groups in total. The summed E-state index contributed by atoms with van der Waals surface area (Å²) in [6, 6.07) is 13.0. The number of esters is 1. The Bertz CT molecular complexity index is 764. The Labute approximate surface area is 131 Å². The average Bonchev–Trinajstić information content (AvgIpc) is 2.84. The summed E-state index contributed by atoms with van der Waals surface area (Å²) in [5, 5.41) is 0.644. The predicted octanol–water partition coefficient (Wildman–Crippen LogP) is 4.02. The molecular formula is C17H11ClFNO2. The molecule has 0 saturated carbocycles. The van der Waals surface area contributed by atoms with Gasteiger partial charge in [-0.1, -0.05) is 35.9 Å². The summed E-state index contributed by atoms with van der Waals surface area (Å²) < 4.78 is 18.0. The summed E-state index contributed by atoms with van der Waals surface area (Å²) in [6.45, 7) is 0. The number of carbonyl (C=O) groups excluding carboxylic acids is 1. The molecule has 2 aromatic rings. The lowest BCUT2D eigenvalue weighted by Gasteiger charge is -1.99. The molecule has 0 fully saturated rings. The van der Waals surface area contributed by atoms with Crippen molar-refractivity contribution in [3.05, 3.63) is 76.2 Å². The highest BCUT2D eigenvalue weighted by Gasteiger charge is 2.22. The standard InChI is InChI=1S/C17H11ClFNO2/c18-13-5-1-12(2-6-13)10-16-20-15(17(21)22-16)9-11-3-7-14(19)8-4-11/h1-9H,10H2/b15-9+. The monoisotopic (exact) mass is 315 g/mol. The lowest BCUT2D eigenvalue weighted by molar-refractivity contribution is -0.130. The summed E-state index contributed by atoms with van der Waals surface area (Å²) in [4.78, 5) is 16.0. The number of hydrogen-bond acceptors (Lipinski definition) is 3. The van der Waals surface area contributed by atoms with E-state index in [1.165, 1.54) is 12.1 Å². The first-order valence-corrected chi connectivity index (χ1v) is 6.99. The minimum Gasteiger partial charge on any atom is -0.406 e. The van der Waals surface area contributed by atoms with Crippen LogP contribution in [0.3, 0.4) is 0 Å². The van der Waals surface area contributed by atoms with Gasteiger partial charge in [-0.15, -0.1) is 0 Å². The number of carbonyl (C=O) groups is 1. The van der Waals surface area contributed by atoms with Crippen molar-refractivity contribution in [3.63, 3.8) is 0 Å². The first-order valence-electron chi connectivity index (χ1n) is 6.61. The van der Waals surface area contributed by atoms with Gasteiger partial charge in [0.05, 0.1) is 0 Å². The Kier molecular flexibility index (Phi) is 4.02. The summed E-state index contributed by atoms with van der Waals surface area (Å²) in [6.07, 6.45) is 1.97. The largest absolute Gasteiger partial charge is 0.406 e. The van der Waals surface area contributed by atoms with Crippen molar-refractivity contribution < 1.29 is 13.9 Å². The number of rotatable bonds is 3. The van der Waals surface area contributed by atoms with Gasteiger partial charge in [0.2, 0.25) is 5.90 Å². The minimum absolute atomic E-state index is 0.204. The Morgan fingerprint density at radius 1 is 1.09 bits per heavy atom. The van der Waals surface area contributed by atoms with Gasteiger partial charge in [0.1, 0.15) is 5.82 Å². The Hall–Kier alpha value is -2.46. The van der Waals surface area contributed by atoms with Crippen molar-refractivity contribution in [1.82, 2.24) is 0 Å². The zero-order chi connectivity index (χ0) is 15.5. The molecule has 0 aromatic heterocycles.